The van der Waals surface area contributed by atoms with Gasteiger partial charge < -0.3 is 14.4 Å². The van der Waals surface area contributed by atoms with Gasteiger partial charge in [-0.1, -0.05) is 12.1 Å². The summed E-state index contributed by atoms with van der Waals surface area (Å²) in [5.74, 6) is 0.420. The normalized spacial score (nSPS) is 23.4. The number of carbonyl (C=O) groups is 2. The summed E-state index contributed by atoms with van der Waals surface area (Å²) >= 11 is 0. The summed E-state index contributed by atoms with van der Waals surface area (Å²) in [5, 5.41) is 0. The summed E-state index contributed by atoms with van der Waals surface area (Å²) in [6.45, 7) is 10.9. The first-order valence-corrected chi connectivity index (χ1v) is 13.0. The lowest BCUT2D eigenvalue weighted by Crippen LogP contribution is -2.36. The first-order chi connectivity index (χ1) is 17.0. The molecule has 0 aliphatic carbocycles. The zero-order chi connectivity index (χ0) is 24.1. The lowest BCUT2D eigenvalue weighted by molar-refractivity contribution is 0.0526. The molecule has 2 unspecified atom stereocenters. The Balaban J connectivity index is 1.01. The number of ether oxygens (including phenoxy) is 2. The van der Waals surface area contributed by atoms with E-state index in [1.807, 2.05) is 12.1 Å². The second kappa shape index (κ2) is 9.07. The quantitative estimate of drug-likeness (QED) is 0.569. The Morgan fingerprint density at radius 3 is 2.11 bits per heavy atom. The van der Waals surface area contributed by atoms with E-state index in [0.717, 1.165) is 60.5 Å². The molecule has 0 spiro atoms. The zero-order valence-corrected chi connectivity index (χ0v) is 20.8. The Hall–Kier alpha value is -2.70. The molecule has 0 amide bonds. The van der Waals surface area contributed by atoms with Crippen molar-refractivity contribution in [1.29, 1.82) is 0 Å². The predicted octanol–water partition coefficient (Wildman–Crippen LogP) is 3.83. The largest absolute Gasteiger partial charge is 0.457 e. The standard InChI is InChI=1S/C29H34N2O4/c1-18-20(5-7-23-25(18)16-34-28(23)32)4-3-11-30-14-22-10-13-31(27(22)15-30)12-9-21-6-8-24-26(19(21)2)17-35-29(24)33/h5-8,22,27H,3-4,9-17H2,1-2H3. The van der Waals surface area contributed by atoms with Crippen molar-refractivity contribution in [2.24, 2.45) is 5.92 Å². The third-order valence-electron chi connectivity index (χ3n) is 8.88. The maximum Gasteiger partial charge on any atom is 0.338 e. The van der Waals surface area contributed by atoms with Gasteiger partial charge in [0, 0.05) is 36.8 Å². The van der Waals surface area contributed by atoms with Crippen LogP contribution < -0.4 is 0 Å². The molecule has 2 fully saturated rings. The molecule has 0 aromatic heterocycles. The third kappa shape index (κ3) is 4.07. The molecule has 4 aliphatic heterocycles. The molecule has 0 bridgehead atoms. The van der Waals surface area contributed by atoms with Crippen LogP contribution in [-0.2, 0) is 35.5 Å². The highest BCUT2D eigenvalue weighted by Gasteiger charge is 2.40. The molecule has 6 heteroatoms. The van der Waals surface area contributed by atoms with Crippen molar-refractivity contribution in [2.45, 2.75) is 58.8 Å². The molecule has 2 saturated heterocycles. The molecule has 184 valence electrons. The van der Waals surface area contributed by atoms with Crippen molar-refractivity contribution in [3.05, 3.63) is 68.8 Å². The van der Waals surface area contributed by atoms with E-state index in [1.165, 1.54) is 48.3 Å². The Kier molecular flexibility index (Phi) is 5.89. The second-order valence-electron chi connectivity index (χ2n) is 10.7. The van der Waals surface area contributed by atoms with Crippen molar-refractivity contribution in [2.75, 3.05) is 32.7 Å². The number of esters is 2. The highest BCUT2D eigenvalue weighted by Crippen LogP contribution is 2.33. The summed E-state index contributed by atoms with van der Waals surface area (Å²) in [6, 6.07) is 8.80. The first-order valence-electron chi connectivity index (χ1n) is 13.0. The molecule has 2 atom stereocenters. The number of aryl methyl sites for hydroxylation is 1. The molecular weight excluding hydrogens is 440 g/mol. The number of nitrogens with zero attached hydrogens (tertiary/aromatic N) is 2. The Labute approximate surface area is 207 Å². The molecule has 4 aliphatic rings. The monoisotopic (exact) mass is 474 g/mol. The van der Waals surface area contributed by atoms with Gasteiger partial charge in [0.25, 0.3) is 0 Å². The van der Waals surface area contributed by atoms with Crippen molar-refractivity contribution in [3.8, 4) is 0 Å². The second-order valence-corrected chi connectivity index (χ2v) is 10.7. The smallest absolute Gasteiger partial charge is 0.338 e. The minimum atomic E-state index is -0.182. The van der Waals surface area contributed by atoms with Crippen LogP contribution in [0.4, 0.5) is 0 Å². The molecule has 6 nitrogen and oxygen atoms in total. The molecule has 2 aromatic rings. The van der Waals surface area contributed by atoms with E-state index in [-0.39, 0.29) is 11.9 Å². The highest BCUT2D eigenvalue weighted by atomic mass is 16.5. The fraction of sp³-hybridized carbons (Fsp3) is 0.517. The van der Waals surface area contributed by atoms with E-state index in [9.17, 15) is 9.59 Å². The average molecular weight is 475 g/mol. The third-order valence-corrected chi connectivity index (χ3v) is 8.88. The maximum absolute atomic E-state index is 11.8. The number of fused-ring (bicyclic) bond motifs is 3. The van der Waals surface area contributed by atoms with Gasteiger partial charge in [0.05, 0.1) is 11.1 Å². The van der Waals surface area contributed by atoms with Gasteiger partial charge in [-0.25, -0.2) is 9.59 Å². The van der Waals surface area contributed by atoms with E-state index in [0.29, 0.717) is 19.3 Å². The van der Waals surface area contributed by atoms with Crippen LogP contribution in [0.15, 0.2) is 24.3 Å². The van der Waals surface area contributed by atoms with Crippen LogP contribution in [0, 0.1) is 19.8 Å². The zero-order valence-electron chi connectivity index (χ0n) is 20.8. The molecule has 0 N–H and O–H groups in total. The van der Waals surface area contributed by atoms with E-state index >= 15 is 0 Å². The number of likely N-dealkylation sites (tertiary alicyclic amines) is 2. The highest BCUT2D eigenvalue weighted by molar-refractivity contribution is 5.94. The lowest BCUT2D eigenvalue weighted by Gasteiger charge is -2.25. The maximum atomic E-state index is 11.8. The summed E-state index contributed by atoms with van der Waals surface area (Å²) in [4.78, 5) is 29.0. The van der Waals surface area contributed by atoms with E-state index in [2.05, 4.69) is 35.8 Å². The summed E-state index contributed by atoms with van der Waals surface area (Å²) in [7, 11) is 0. The topological polar surface area (TPSA) is 59.1 Å². The van der Waals surface area contributed by atoms with Crippen LogP contribution in [0.2, 0.25) is 0 Å². The lowest BCUT2D eigenvalue weighted by atomic mass is 9.96. The minimum Gasteiger partial charge on any atom is -0.457 e. The molecule has 6 rings (SSSR count). The van der Waals surface area contributed by atoms with Crippen LogP contribution in [0.5, 0.6) is 0 Å². The fourth-order valence-corrected chi connectivity index (χ4v) is 6.69. The number of benzene rings is 2. The molecule has 0 radical (unpaired) electrons. The van der Waals surface area contributed by atoms with E-state index in [4.69, 9.17) is 9.47 Å². The van der Waals surface area contributed by atoms with Gasteiger partial charge >= 0.3 is 11.9 Å². The Bertz CT molecular complexity index is 1190. The number of cyclic esters (lactones) is 2. The van der Waals surface area contributed by atoms with Crippen molar-refractivity contribution < 1.29 is 19.1 Å². The SMILES string of the molecule is Cc1c(CCCN2CC3CCN(CCc4ccc5c(c4C)COC5=O)C3C2)ccc2c1COC2=O. The predicted molar refractivity (Wildman–Crippen MR) is 133 cm³/mol. The molecular formula is C29H34N2O4. The number of hydrogen-bond donors (Lipinski definition) is 0. The Morgan fingerprint density at radius 2 is 1.46 bits per heavy atom. The van der Waals surface area contributed by atoms with Gasteiger partial charge in [-0.15, -0.1) is 0 Å². The minimum absolute atomic E-state index is 0.182. The number of carbonyl (C=O) groups excluding carboxylic acids is 2. The van der Waals surface area contributed by atoms with Gasteiger partial charge in [-0.2, -0.15) is 0 Å². The summed E-state index contributed by atoms with van der Waals surface area (Å²) < 4.78 is 10.4. The Morgan fingerprint density at radius 1 is 0.829 bits per heavy atom. The van der Waals surface area contributed by atoms with Gasteiger partial charge in [-0.05, 0) is 92.9 Å². The molecule has 2 aromatic carbocycles. The number of rotatable bonds is 7. The van der Waals surface area contributed by atoms with Crippen LogP contribution in [0.3, 0.4) is 0 Å². The average Bonchev–Trinajstić information content (AvgIpc) is 3.60. The van der Waals surface area contributed by atoms with Gasteiger partial charge in [0.1, 0.15) is 13.2 Å². The van der Waals surface area contributed by atoms with Crippen LogP contribution >= 0.6 is 0 Å². The van der Waals surface area contributed by atoms with Crippen LogP contribution in [-0.4, -0.2) is 60.5 Å². The molecule has 0 saturated carbocycles. The van der Waals surface area contributed by atoms with Gasteiger partial charge in [-0.3, -0.25) is 4.90 Å². The van der Waals surface area contributed by atoms with E-state index in [1.54, 1.807) is 0 Å². The fourth-order valence-electron chi connectivity index (χ4n) is 6.69. The molecule has 35 heavy (non-hydrogen) atoms. The van der Waals surface area contributed by atoms with Crippen LogP contribution in [0.1, 0.15) is 66.9 Å². The van der Waals surface area contributed by atoms with Crippen LogP contribution in [0.25, 0.3) is 0 Å². The van der Waals surface area contributed by atoms with Crippen molar-refractivity contribution in [1.82, 2.24) is 9.80 Å². The first kappa shape index (κ1) is 22.7. The van der Waals surface area contributed by atoms with Gasteiger partial charge in [0.15, 0.2) is 0 Å². The summed E-state index contributed by atoms with van der Waals surface area (Å²) in [5.41, 5.74) is 8.81. The number of hydrogen-bond acceptors (Lipinski definition) is 6. The van der Waals surface area contributed by atoms with Crippen molar-refractivity contribution in [3.63, 3.8) is 0 Å². The molecule has 4 heterocycles. The summed E-state index contributed by atoms with van der Waals surface area (Å²) in [6.07, 6.45) is 4.51. The van der Waals surface area contributed by atoms with Gasteiger partial charge in [0.2, 0.25) is 0 Å². The van der Waals surface area contributed by atoms with Crippen molar-refractivity contribution >= 4 is 11.9 Å². The van der Waals surface area contributed by atoms with E-state index < -0.39 is 0 Å².